The Morgan fingerprint density at radius 1 is 1.53 bits per heavy atom. The summed E-state index contributed by atoms with van der Waals surface area (Å²) in [5, 5.41) is 19.7. The maximum Gasteiger partial charge on any atom is 0.217 e. The minimum absolute atomic E-state index is 0.497. The summed E-state index contributed by atoms with van der Waals surface area (Å²) in [4.78, 5) is 0. The van der Waals surface area contributed by atoms with E-state index in [1.54, 1.807) is 23.1 Å². The minimum Gasteiger partial charge on any atom is -0.461 e. The summed E-state index contributed by atoms with van der Waals surface area (Å²) in [5.74, 6) is 1.23. The Labute approximate surface area is 86.1 Å². The van der Waals surface area contributed by atoms with Crippen molar-refractivity contribution >= 4 is 0 Å². The van der Waals surface area contributed by atoms with Gasteiger partial charge in [0.15, 0.2) is 5.76 Å². The number of furan rings is 1. The highest BCUT2D eigenvalue weighted by Crippen LogP contribution is 2.15. The molecule has 0 saturated heterocycles. The first-order valence-corrected chi connectivity index (χ1v) is 4.59. The molecule has 0 amide bonds. The molecule has 0 bridgehead atoms. The van der Waals surface area contributed by atoms with Gasteiger partial charge in [-0.1, -0.05) is 0 Å². The average molecular weight is 203 g/mol. The first kappa shape index (κ1) is 9.40. The monoisotopic (exact) mass is 203 g/mol. The Morgan fingerprint density at radius 3 is 3.20 bits per heavy atom. The molecule has 0 N–H and O–H groups in total. The van der Waals surface area contributed by atoms with Crippen LogP contribution in [0.1, 0.15) is 12.8 Å². The number of tetrazole rings is 1. The summed E-state index contributed by atoms with van der Waals surface area (Å²) >= 11 is 0. The lowest BCUT2D eigenvalue weighted by molar-refractivity contribution is 0.541. The molecule has 0 saturated carbocycles. The zero-order valence-electron chi connectivity index (χ0n) is 8.00. The number of nitriles is 1. The largest absolute Gasteiger partial charge is 0.461 e. The summed E-state index contributed by atoms with van der Waals surface area (Å²) < 4.78 is 6.83. The van der Waals surface area contributed by atoms with Crippen LogP contribution in [0.25, 0.3) is 11.6 Å². The van der Waals surface area contributed by atoms with Crippen molar-refractivity contribution in [3.05, 3.63) is 18.4 Å². The molecule has 2 aromatic heterocycles. The van der Waals surface area contributed by atoms with Crippen molar-refractivity contribution in [1.29, 1.82) is 5.26 Å². The van der Waals surface area contributed by atoms with E-state index in [1.165, 1.54) is 0 Å². The normalized spacial score (nSPS) is 10.1. The lowest BCUT2D eigenvalue weighted by atomic mass is 10.3. The zero-order valence-corrected chi connectivity index (χ0v) is 8.00. The van der Waals surface area contributed by atoms with Gasteiger partial charge in [-0.3, -0.25) is 0 Å². The molecule has 0 radical (unpaired) electrons. The molecular weight excluding hydrogens is 194 g/mol. The van der Waals surface area contributed by atoms with Crippen LogP contribution in [-0.4, -0.2) is 20.2 Å². The van der Waals surface area contributed by atoms with Gasteiger partial charge in [-0.05, 0) is 29.0 Å². The highest BCUT2D eigenvalue weighted by molar-refractivity contribution is 5.44. The van der Waals surface area contributed by atoms with Crippen LogP contribution in [0, 0.1) is 11.3 Å². The Kier molecular flexibility index (Phi) is 2.74. The van der Waals surface area contributed by atoms with E-state index in [0.717, 1.165) is 6.42 Å². The number of aromatic nitrogens is 4. The van der Waals surface area contributed by atoms with E-state index in [0.29, 0.717) is 24.6 Å². The summed E-state index contributed by atoms with van der Waals surface area (Å²) in [6, 6.07) is 5.66. The van der Waals surface area contributed by atoms with E-state index in [2.05, 4.69) is 21.6 Å². The van der Waals surface area contributed by atoms with E-state index in [9.17, 15) is 0 Å². The summed E-state index contributed by atoms with van der Waals surface area (Å²) in [7, 11) is 0. The quantitative estimate of drug-likeness (QED) is 0.698. The van der Waals surface area contributed by atoms with Crippen LogP contribution >= 0.6 is 0 Å². The summed E-state index contributed by atoms with van der Waals surface area (Å²) in [6.45, 7) is 0.622. The van der Waals surface area contributed by atoms with Gasteiger partial charge in [0, 0.05) is 13.0 Å². The van der Waals surface area contributed by atoms with Crippen LogP contribution in [-0.2, 0) is 6.54 Å². The molecule has 0 unspecified atom stereocenters. The number of hydrogen-bond acceptors (Lipinski definition) is 5. The van der Waals surface area contributed by atoms with Crippen molar-refractivity contribution in [3.8, 4) is 17.7 Å². The third kappa shape index (κ3) is 2.02. The second kappa shape index (κ2) is 4.37. The number of aryl methyl sites for hydroxylation is 1. The molecule has 0 aromatic carbocycles. The minimum atomic E-state index is 0.497. The van der Waals surface area contributed by atoms with E-state index >= 15 is 0 Å². The van der Waals surface area contributed by atoms with E-state index < -0.39 is 0 Å². The van der Waals surface area contributed by atoms with Gasteiger partial charge in [-0.2, -0.15) is 5.26 Å². The van der Waals surface area contributed by atoms with Crippen LogP contribution in [0.3, 0.4) is 0 Å². The van der Waals surface area contributed by atoms with Crippen molar-refractivity contribution in [1.82, 2.24) is 20.2 Å². The number of unbranched alkanes of at least 4 members (excludes halogenated alkanes) is 1. The second-order valence-corrected chi connectivity index (χ2v) is 2.96. The molecule has 15 heavy (non-hydrogen) atoms. The van der Waals surface area contributed by atoms with E-state index in [-0.39, 0.29) is 0 Å². The Morgan fingerprint density at radius 2 is 2.47 bits per heavy atom. The first-order chi connectivity index (χ1) is 7.42. The van der Waals surface area contributed by atoms with Crippen LogP contribution in [0.4, 0.5) is 0 Å². The van der Waals surface area contributed by atoms with Crippen LogP contribution in [0.15, 0.2) is 22.8 Å². The van der Waals surface area contributed by atoms with Gasteiger partial charge in [0.2, 0.25) is 5.82 Å². The summed E-state index contributed by atoms with van der Waals surface area (Å²) in [6.07, 6.45) is 2.80. The van der Waals surface area contributed by atoms with Crippen molar-refractivity contribution in [2.75, 3.05) is 0 Å². The molecule has 0 aliphatic carbocycles. The topological polar surface area (TPSA) is 80.5 Å². The lowest BCUT2D eigenvalue weighted by Gasteiger charge is -1.99. The van der Waals surface area contributed by atoms with Gasteiger partial charge in [-0.25, -0.2) is 4.68 Å². The van der Waals surface area contributed by atoms with Crippen molar-refractivity contribution in [2.45, 2.75) is 19.4 Å². The predicted molar refractivity (Wildman–Crippen MR) is 50.4 cm³/mol. The molecule has 0 atom stereocenters. The van der Waals surface area contributed by atoms with Crippen LogP contribution in [0.5, 0.6) is 0 Å². The lowest BCUT2D eigenvalue weighted by Crippen LogP contribution is -2.02. The Hall–Kier alpha value is -2.16. The first-order valence-electron chi connectivity index (χ1n) is 4.59. The highest BCUT2D eigenvalue weighted by Gasteiger charge is 2.10. The van der Waals surface area contributed by atoms with Crippen LogP contribution in [0.2, 0.25) is 0 Å². The second-order valence-electron chi connectivity index (χ2n) is 2.96. The fourth-order valence-electron chi connectivity index (χ4n) is 1.25. The molecule has 0 aliphatic rings. The number of nitrogens with zero attached hydrogens (tertiary/aromatic N) is 5. The van der Waals surface area contributed by atoms with Gasteiger partial charge in [0.05, 0.1) is 12.3 Å². The van der Waals surface area contributed by atoms with Gasteiger partial charge in [-0.15, -0.1) is 5.10 Å². The Balaban J connectivity index is 2.13. The van der Waals surface area contributed by atoms with E-state index in [4.69, 9.17) is 9.68 Å². The van der Waals surface area contributed by atoms with Gasteiger partial charge in [0.25, 0.3) is 0 Å². The Bertz CT molecular complexity index is 453. The predicted octanol–water partition coefficient (Wildman–Crippen LogP) is 1.24. The molecule has 6 heteroatoms. The molecule has 76 valence electrons. The molecule has 2 aromatic rings. The third-order valence-electron chi connectivity index (χ3n) is 1.93. The molecular formula is C9H9N5O. The van der Waals surface area contributed by atoms with Crippen LogP contribution < -0.4 is 0 Å². The average Bonchev–Trinajstić information content (AvgIpc) is 2.87. The van der Waals surface area contributed by atoms with Crippen molar-refractivity contribution in [3.63, 3.8) is 0 Å². The van der Waals surface area contributed by atoms with Gasteiger partial charge >= 0.3 is 0 Å². The van der Waals surface area contributed by atoms with Crippen molar-refractivity contribution < 1.29 is 4.42 Å². The standard InChI is InChI=1S/C9H9N5O/c10-5-1-2-6-14-9(11-12-13-14)8-4-3-7-15-8/h3-4,7H,1-2,6H2. The SMILES string of the molecule is N#CCCCn1nnnc1-c1ccco1. The smallest absolute Gasteiger partial charge is 0.217 e. The van der Waals surface area contributed by atoms with Crippen molar-refractivity contribution in [2.24, 2.45) is 0 Å². The molecule has 0 fully saturated rings. The van der Waals surface area contributed by atoms with Gasteiger partial charge in [0.1, 0.15) is 0 Å². The fourth-order valence-corrected chi connectivity index (χ4v) is 1.25. The maximum atomic E-state index is 8.42. The maximum absolute atomic E-state index is 8.42. The molecule has 6 nitrogen and oxygen atoms in total. The zero-order chi connectivity index (χ0) is 10.5. The molecule has 0 aliphatic heterocycles. The third-order valence-corrected chi connectivity index (χ3v) is 1.93. The number of rotatable bonds is 4. The molecule has 2 heterocycles. The van der Waals surface area contributed by atoms with Gasteiger partial charge < -0.3 is 4.42 Å². The molecule has 0 spiro atoms. The fraction of sp³-hybridized carbons (Fsp3) is 0.333. The highest BCUT2D eigenvalue weighted by atomic mass is 16.3. The number of hydrogen-bond donors (Lipinski definition) is 0. The summed E-state index contributed by atoms with van der Waals surface area (Å²) in [5.41, 5.74) is 0. The molecule has 2 rings (SSSR count). The van der Waals surface area contributed by atoms with E-state index in [1.807, 2.05) is 0 Å².